The largest absolute Gasteiger partial charge is 0.462 e. The summed E-state index contributed by atoms with van der Waals surface area (Å²) in [7, 11) is 0. The fourth-order valence-electron chi connectivity index (χ4n) is 3.20. The van der Waals surface area contributed by atoms with Crippen LogP contribution < -0.4 is 4.90 Å². The lowest BCUT2D eigenvalue weighted by Gasteiger charge is -2.20. The molecule has 3 rings (SSSR count). The first kappa shape index (κ1) is 22.4. The third kappa shape index (κ3) is 6.10. The van der Waals surface area contributed by atoms with Gasteiger partial charge < -0.3 is 14.2 Å². The zero-order valence-corrected chi connectivity index (χ0v) is 18.3. The molecule has 1 aromatic carbocycles. The molecule has 1 aliphatic heterocycles. The predicted molar refractivity (Wildman–Crippen MR) is 115 cm³/mol. The van der Waals surface area contributed by atoms with Crippen molar-refractivity contribution in [2.45, 2.75) is 45.8 Å². The first-order valence-corrected chi connectivity index (χ1v) is 11.1. The number of aromatic nitrogens is 1. The van der Waals surface area contributed by atoms with Crippen molar-refractivity contribution in [3.8, 4) is 0 Å². The zero-order valence-electron chi connectivity index (χ0n) is 17.5. The number of carbonyl (C=O) groups excluding carboxylic acids is 2. The molecule has 1 amide bonds. The average Bonchev–Trinajstić information content (AvgIpc) is 3.40. The van der Waals surface area contributed by atoms with Crippen LogP contribution in [0.1, 0.15) is 47.1 Å². The van der Waals surface area contributed by atoms with Crippen molar-refractivity contribution in [3.63, 3.8) is 0 Å². The van der Waals surface area contributed by atoms with Crippen LogP contribution in [0.3, 0.4) is 0 Å². The predicted octanol–water partition coefficient (Wildman–Crippen LogP) is 3.75. The molecule has 8 heteroatoms. The van der Waals surface area contributed by atoms with Crippen LogP contribution >= 0.6 is 11.3 Å². The van der Waals surface area contributed by atoms with E-state index < -0.39 is 5.97 Å². The number of carbonyl (C=O) groups is 2. The van der Waals surface area contributed by atoms with E-state index in [-0.39, 0.29) is 18.4 Å². The van der Waals surface area contributed by atoms with Gasteiger partial charge in [-0.2, -0.15) is 0 Å². The van der Waals surface area contributed by atoms with Gasteiger partial charge in [-0.05, 0) is 32.3 Å². The summed E-state index contributed by atoms with van der Waals surface area (Å²) in [6.45, 7) is 5.79. The first-order valence-electron chi connectivity index (χ1n) is 10.3. The molecule has 162 valence electrons. The highest BCUT2D eigenvalue weighted by atomic mass is 32.1. The van der Waals surface area contributed by atoms with Crippen LogP contribution in [0, 0.1) is 6.92 Å². The Labute approximate surface area is 181 Å². The second-order valence-electron chi connectivity index (χ2n) is 7.06. The van der Waals surface area contributed by atoms with Crippen LogP contribution in [-0.4, -0.2) is 49.4 Å². The highest BCUT2D eigenvalue weighted by Crippen LogP contribution is 2.28. The van der Waals surface area contributed by atoms with Gasteiger partial charge in [0, 0.05) is 6.61 Å². The third-order valence-corrected chi connectivity index (χ3v) is 5.91. The van der Waals surface area contributed by atoms with E-state index >= 15 is 0 Å². The Morgan fingerprint density at radius 2 is 2.10 bits per heavy atom. The normalized spacial score (nSPS) is 15.9. The molecule has 0 radical (unpaired) electrons. The van der Waals surface area contributed by atoms with Crippen molar-refractivity contribution in [2.75, 3.05) is 31.3 Å². The van der Waals surface area contributed by atoms with Gasteiger partial charge in [-0.15, -0.1) is 0 Å². The highest BCUT2D eigenvalue weighted by molar-refractivity contribution is 7.17. The van der Waals surface area contributed by atoms with E-state index in [4.69, 9.17) is 14.2 Å². The number of benzene rings is 1. The van der Waals surface area contributed by atoms with E-state index in [1.165, 1.54) is 11.3 Å². The molecule has 0 N–H and O–H groups in total. The average molecular weight is 433 g/mol. The number of amides is 1. The van der Waals surface area contributed by atoms with Crippen LogP contribution in [0.4, 0.5) is 5.13 Å². The quantitative estimate of drug-likeness (QED) is 0.420. The molecular formula is C22H28N2O5S. The Morgan fingerprint density at radius 1 is 1.30 bits per heavy atom. The minimum Gasteiger partial charge on any atom is -0.462 e. The number of esters is 1. The van der Waals surface area contributed by atoms with Gasteiger partial charge in [0.05, 0.1) is 44.6 Å². The number of aryl methyl sites for hydroxylation is 1. The first-order chi connectivity index (χ1) is 14.6. The summed E-state index contributed by atoms with van der Waals surface area (Å²) < 4.78 is 16.3. The molecule has 30 heavy (non-hydrogen) atoms. The van der Waals surface area contributed by atoms with Gasteiger partial charge in [-0.1, -0.05) is 41.7 Å². The number of hydrogen-bond acceptors (Lipinski definition) is 7. The summed E-state index contributed by atoms with van der Waals surface area (Å²) in [6, 6.07) is 9.71. The minimum atomic E-state index is -0.411. The van der Waals surface area contributed by atoms with E-state index in [0.29, 0.717) is 42.1 Å². The second-order valence-corrected chi connectivity index (χ2v) is 8.03. The maximum Gasteiger partial charge on any atom is 0.350 e. The summed E-state index contributed by atoms with van der Waals surface area (Å²) in [5.74, 6) is -0.513. The fourth-order valence-corrected chi connectivity index (χ4v) is 4.17. The molecule has 7 nitrogen and oxygen atoms in total. The number of ether oxygens (including phenoxy) is 3. The molecule has 1 atom stereocenters. The molecule has 1 fully saturated rings. The maximum atomic E-state index is 13.0. The topological polar surface area (TPSA) is 78.0 Å². The van der Waals surface area contributed by atoms with E-state index in [2.05, 4.69) is 4.98 Å². The number of anilines is 1. The Morgan fingerprint density at radius 3 is 2.80 bits per heavy atom. The molecule has 1 unspecified atom stereocenters. The molecule has 0 saturated carbocycles. The SMILES string of the molecule is CCOC(=O)c1sc(N(Cc2ccccc2)C(=O)CCOCC2CCCO2)nc1C. The summed E-state index contributed by atoms with van der Waals surface area (Å²) in [6.07, 6.45) is 2.43. The number of rotatable bonds is 10. The molecule has 2 aromatic rings. The van der Waals surface area contributed by atoms with Crippen molar-refractivity contribution in [1.82, 2.24) is 4.98 Å². The van der Waals surface area contributed by atoms with Gasteiger partial charge in [0.15, 0.2) is 5.13 Å². The minimum absolute atomic E-state index is 0.102. The number of thiazole rings is 1. The van der Waals surface area contributed by atoms with E-state index in [9.17, 15) is 9.59 Å². The molecule has 1 aromatic heterocycles. The monoisotopic (exact) mass is 432 g/mol. The molecule has 1 aliphatic rings. The van der Waals surface area contributed by atoms with Crippen molar-refractivity contribution < 1.29 is 23.8 Å². The summed E-state index contributed by atoms with van der Waals surface area (Å²) in [5, 5.41) is 0.489. The van der Waals surface area contributed by atoms with Gasteiger partial charge in [0.1, 0.15) is 4.88 Å². The van der Waals surface area contributed by atoms with Gasteiger partial charge in [0.2, 0.25) is 5.91 Å². The van der Waals surface area contributed by atoms with Crippen molar-refractivity contribution in [2.24, 2.45) is 0 Å². The molecule has 0 spiro atoms. The fraction of sp³-hybridized carbons (Fsp3) is 0.500. The summed E-state index contributed by atoms with van der Waals surface area (Å²) in [5.41, 5.74) is 1.55. The molecule has 2 heterocycles. The number of nitrogens with zero attached hydrogens (tertiary/aromatic N) is 2. The summed E-state index contributed by atoms with van der Waals surface area (Å²) >= 11 is 1.18. The van der Waals surface area contributed by atoms with Gasteiger partial charge >= 0.3 is 5.97 Å². The van der Waals surface area contributed by atoms with Crippen molar-refractivity contribution >= 4 is 28.3 Å². The smallest absolute Gasteiger partial charge is 0.350 e. The van der Waals surface area contributed by atoms with Crippen LogP contribution in [-0.2, 0) is 25.5 Å². The Balaban J connectivity index is 1.69. The molecular weight excluding hydrogens is 404 g/mol. The van der Waals surface area contributed by atoms with Crippen LogP contribution in [0.5, 0.6) is 0 Å². The lowest BCUT2D eigenvalue weighted by molar-refractivity contribution is -0.120. The molecule has 0 aliphatic carbocycles. The molecule has 1 saturated heterocycles. The number of hydrogen-bond donors (Lipinski definition) is 0. The third-order valence-electron chi connectivity index (χ3n) is 4.75. The lowest BCUT2D eigenvalue weighted by atomic mass is 10.2. The zero-order chi connectivity index (χ0) is 21.3. The maximum absolute atomic E-state index is 13.0. The van der Waals surface area contributed by atoms with Crippen molar-refractivity contribution in [3.05, 3.63) is 46.5 Å². The standard InChI is InChI=1S/C22H28N2O5S/c1-3-28-21(26)20-16(2)23-22(30-20)24(14-17-8-5-4-6-9-17)19(25)11-13-27-15-18-10-7-12-29-18/h4-6,8-9,18H,3,7,10-15H2,1-2H3. The van der Waals surface area contributed by atoms with Gasteiger partial charge in [0.25, 0.3) is 0 Å². The van der Waals surface area contributed by atoms with E-state index in [0.717, 1.165) is 25.0 Å². The van der Waals surface area contributed by atoms with Crippen molar-refractivity contribution in [1.29, 1.82) is 0 Å². The highest BCUT2D eigenvalue weighted by Gasteiger charge is 2.24. The summed E-state index contributed by atoms with van der Waals surface area (Å²) in [4.78, 5) is 31.7. The Hall–Kier alpha value is -2.29. The Bertz CT molecular complexity index is 833. The van der Waals surface area contributed by atoms with Gasteiger partial charge in [-0.25, -0.2) is 9.78 Å². The van der Waals surface area contributed by atoms with Crippen LogP contribution in [0.2, 0.25) is 0 Å². The van der Waals surface area contributed by atoms with E-state index in [1.54, 1.807) is 18.7 Å². The van der Waals surface area contributed by atoms with Crippen LogP contribution in [0.15, 0.2) is 30.3 Å². The van der Waals surface area contributed by atoms with E-state index in [1.807, 2.05) is 30.3 Å². The Kier molecular flexibility index (Phi) is 8.36. The second kappa shape index (κ2) is 11.2. The lowest BCUT2D eigenvalue weighted by Crippen LogP contribution is -2.31. The molecule has 0 bridgehead atoms. The van der Waals surface area contributed by atoms with Crippen LogP contribution in [0.25, 0.3) is 0 Å². The van der Waals surface area contributed by atoms with Gasteiger partial charge in [-0.3, -0.25) is 9.69 Å².